The van der Waals surface area contributed by atoms with Crippen LogP contribution in [0.3, 0.4) is 0 Å². The maximum Gasteiger partial charge on any atom is 0.193 e. The van der Waals surface area contributed by atoms with Gasteiger partial charge in [-0.1, -0.05) is 17.7 Å². The van der Waals surface area contributed by atoms with Crippen LogP contribution in [-0.4, -0.2) is 42.7 Å². The number of rotatable bonds is 6. The van der Waals surface area contributed by atoms with E-state index in [-0.39, 0.29) is 24.0 Å². The Morgan fingerprint density at radius 3 is 2.75 bits per heavy atom. The standard InChI is InChI=1S/C17H23ClN4O.HI/c1-19-17(22(3)13-15-7-5-10-21(15)2)20-9-11-23-16-8-4-6-14(18)12-16;/h4-8,10,12H,9,11,13H2,1-3H3,(H,19,20);1H. The highest BCUT2D eigenvalue weighted by molar-refractivity contribution is 14.0. The summed E-state index contributed by atoms with van der Waals surface area (Å²) in [6.45, 7) is 1.99. The molecule has 0 amide bonds. The van der Waals surface area contributed by atoms with Crippen molar-refractivity contribution in [3.8, 4) is 5.75 Å². The molecule has 1 aromatic carbocycles. The molecule has 0 unspecified atom stereocenters. The van der Waals surface area contributed by atoms with Crippen molar-refractivity contribution in [2.75, 3.05) is 27.2 Å². The quantitative estimate of drug-likeness (QED) is 0.310. The number of hydrogen-bond donors (Lipinski definition) is 1. The van der Waals surface area contributed by atoms with Crippen molar-refractivity contribution in [2.45, 2.75) is 6.54 Å². The predicted molar refractivity (Wildman–Crippen MR) is 111 cm³/mol. The molecule has 1 heterocycles. The number of guanidine groups is 1. The van der Waals surface area contributed by atoms with E-state index < -0.39 is 0 Å². The molecule has 0 aliphatic heterocycles. The smallest absolute Gasteiger partial charge is 0.193 e. The Morgan fingerprint density at radius 1 is 1.33 bits per heavy atom. The minimum Gasteiger partial charge on any atom is -0.492 e. The predicted octanol–water partition coefficient (Wildman–Crippen LogP) is 3.38. The van der Waals surface area contributed by atoms with Gasteiger partial charge in [-0.05, 0) is 30.3 Å². The van der Waals surface area contributed by atoms with Crippen LogP contribution < -0.4 is 10.1 Å². The summed E-state index contributed by atoms with van der Waals surface area (Å²) >= 11 is 5.93. The third-order valence-electron chi connectivity index (χ3n) is 3.47. The van der Waals surface area contributed by atoms with E-state index in [1.54, 1.807) is 13.1 Å². The molecular weight excluding hydrogens is 439 g/mol. The van der Waals surface area contributed by atoms with Crippen molar-refractivity contribution < 1.29 is 4.74 Å². The molecule has 0 saturated carbocycles. The van der Waals surface area contributed by atoms with Crippen LogP contribution in [0, 0.1) is 0 Å². The van der Waals surface area contributed by atoms with E-state index >= 15 is 0 Å². The minimum absolute atomic E-state index is 0. The first-order valence-electron chi connectivity index (χ1n) is 7.50. The molecule has 0 bridgehead atoms. The summed E-state index contributed by atoms with van der Waals surface area (Å²) in [7, 11) is 5.83. The largest absolute Gasteiger partial charge is 0.492 e. The van der Waals surface area contributed by atoms with Gasteiger partial charge in [0.1, 0.15) is 12.4 Å². The average Bonchev–Trinajstić information content (AvgIpc) is 2.92. The molecule has 0 atom stereocenters. The maximum absolute atomic E-state index is 5.93. The topological polar surface area (TPSA) is 41.8 Å². The first-order valence-corrected chi connectivity index (χ1v) is 7.88. The molecule has 1 aromatic heterocycles. The first-order chi connectivity index (χ1) is 11.1. The summed E-state index contributed by atoms with van der Waals surface area (Å²) in [6.07, 6.45) is 2.04. The number of aryl methyl sites for hydroxylation is 1. The number of hydrogen-bond acceptors (Lipinski definition) is 2. The van der Waals surface area contributed by atoms with E-state index in [2.05, 4.69) is 25.8 Å². The SMILES string of the molecule is CN=C(NCCOc1cccc(Cl)c1)N(C)Cc1cccn1C.I. The number of benzene rings is 1. The van der Waals surface area contributed by atoms with Gasteiger partial charge in [-0.25, -0.2) is 0 Å². The number of nitrogens with zero attached hydrogens (tertiary/aromatic N) is 3. The van der Waals surface area contributed by atoms with Crippen LogP contribution >= 0.6 is 35.6 Å². The highest BCUT2D eigenvalue weighted by Gasteiger charge is 2.08. The molecule has 0 saturated heterocycles. The number of aliphatic imine (C=N–C) groups is 1. The lowest BCUT2D eigenvalue weighted by atomic mass is 10.3. The Hall–Kier alpha value is -1.41. The number of aromatic nitrogens is 1. The van der Waals surface area contributed by atoms with Crippen LogP contribution in [0.5, 0.6) is 5.75 Å². The number of halogens is 2. The van der Waals surface area contributed by atoms with Crippen LogP contribution in [-0.2, 0) is 13.6 Å². The lowest BCUT2D eigenvalue weighted by molar-refractivity contribution is 0.319. The Morgan fingerprint density at radius 2 is 2.12 bits per heavy atom. The lowest BCUT2D eigenvalue weighted by Crippen LogP contribution is -2.40. The fourth-order valence-corrected chi connectivity index (χ4v) is 2.43. The Bertz CT molecular complexity index is 660. The fraction of sp³-hybridized carbons (Fsp3) is 0.353. The average molecular weight is 463 g/mol. The van der Waals surface area contributed by atoms with E-state index in [0.717, 1.165) is 18.3 Å². The van der Waals surface area contributed by atoms with Crippen LogP contribution in [0.4, 0.5) is 0 Å². The molecule has 0 spiro atoms. The van der Waals surface area contributed by atoms with Gasteiger partial charge >= 0.3 is 0 Å². The molecule has 5 nitrogen and oxygen atoms in total. The van der Waals surface area contributed by atoms with Crippen LogP contribution in [0.15, 0.2) is 47.6 Å². The Labute approximate surface area is 165 Å². The number of nitrogens with one attached hydrogen (secondary N) is 1. The van der Waals surface area contributed by atoms with Crippen molar-refractivity contribution in [3.63, 3.8) is 0 Å². The molecule has 0 fully saturated rings. The normalized spacial score (nSPS) is 10.9. The molecule has 0 radical (unpaired) electrons. The van der Waals surface area contributed by atoms with Gasteiger partial charge in [0.05, 0.1) is 13.1 Å². The third kappa shape index (κ3) is 6.24. The molecule has 2 aromatic rings. The highest BCUT2D eigenvalue weighted by Crippen LogP contribution is 2.16. The second kappa shape index (κ2) is 10.5. The molecule has 2 rings (SSSR count). The zero-order valence-electron chi connectivity index (χ0n) is 14.2. The van der Waals surface area contributed by atoms with Crippen LogP contribution in [0.1, 0.15) is 5.69 Å². The maximum atomic E-state index is 5.93. The molecular formula is C17H24ClIN4O. The van der Waals surface area contributed by atoms with Gasteiger partial charge in [0.2, 0.25) is 0 Å². The molecule has 0 aliphatic carbocycles. The second-order valence-corrected chi connectivity index (χ2v) is 5.68. The van der Waals surface area contributed by atoms with Crippen LogP contribution in [0.2, 0.25) is 5.02 Å². The van der Waals surface area contributed by atoms with Gasteiger partial charge in [-0.15, -0.1) is 24.0 Å². The summed E-state index contributed by atoms with van der Waals surface area (Å²) in [5.41, 5.74) is 1.23. The molecule has 1 N–H and O–H groups in total. The second-order valence-electron chi connectivity index (χ2n) is 5.25. The van der Waals surface area contributed by atoms with Crippen molar-refractivity contribution in [1.29, 1.82) is 0 Å². The van der Waals surface area contributed by atoms with Gasteiger partial charge in [0.15, 0.2) is 5.96 Å². The molecule has 132 valence electrons. The first kappa shape index (κ1) is 20.6. The van der Waals surface area contributed by atoms with Gasteiger partial charge in [0, 0.05) is 38.1 Å². The summed E-state index contributed by atoms with van der Waals surface area (Å²) in [6, 6.07) is 11.5. The third-order valence-corrected chi connectivity index (χ3v) is 3.71. The summed E-state index contributed by atoms with van der Waals surface area (Å²) < 4.78 is 7.77. The monoisotopic (exact) mass is 462 g/mol. The van der Waals surface area contributed by atoms with Crippen molar-refractivity contribution >= 4 is 41.5 Å². The van der Waals surface area contributed by atoms with Gasteiger partial charge < -0.3 is 19.5 Å². The summed E-state index contributed by atoms with van der Waals surface area (Å²) in [5, 5.41) is 3.97. The minimum atomic E-state index is 0. The molecule has 0 aliphatic rings. The van der Waals surface area contributed by atoms with Crippen molar-refractivity contribution in [1.82, 2.24) is 14.8 Å². The van der Waals surface area contributed by atoms with E-state index in [0.29, 0.717) is 18.2 Å². The highest BCUT2D eigenvalue weighted by atomic mass is 127. The van der Waals surface area contributed by atoms with Crippen LogP contribution in [0.25, 0.3) is 0 Å². The Balaban J connectivity index is 0.00000288. The summed E-state index contributed by atoms with van der Waals surface area (Å²) in [5.74, 6) is 1.60. The van der Waals surface area contributed by atoms with Crippen molar-refractivity contribution in [2.24, 2.45) is 12.0 Å². The van der Waals surface area contributed by atoms with Crippen molar-refractivity contribution in [3.05, 3.63) is 53.3 Å². The zero-order valence-corrected chi connectivity index (χ0v) is 17.3. The van der Waals surface area contributed by atoms with E-state index in [1.165, 1.54) is 5.69 Å². The van der Waals surface area contributed by atoms with E-state index in [4.69, 9.17) is 16.3 Å². The number of ether oxygens (including phenoxy) is 1. The van der Waals surface area contributed by atoms with E-state index in [9.17, 15) is 0 Å². The lowest BCUT2D eigenvalue weighted by Gasteiger charge is -2.22. The summed E-state index contributed by atoms with van der Waals surface area (Å²) in [4.78, 5) is 6.38. The van der Waals surface area contributed by atoms with Gasteiger partial charge in [-0.2, -0.15) is 0 Å². The Kier molecular flexibility index (Phi) is 8.99. The molecule has 7 heteroatoms. The molecule has 24 heavy (non-hydrogen) atoms. The van der Waals surface area contributed by atoms with Gasteiger partial charge in [-0.3, -0.25) is 4.99 Å². The van der Waals surface area contributed by atoms with E-state index in [1.807, 2.05) is 44.6 Å². The fourth-order valence-electron chi connectivity index (χ4n) is 2.25. The zero-order chi connectivity index (χ0) is 16.7. The van der Waals surface area contributed by atoms with Gasteiger partial charge in [0.25, 0.3) is 0 Å².